The predicted molar refractivity (Wildman–Crippen MR) is 91.5 cm³/mol. The second-order valence-electron chi connectivity index (χ2n) is 5.78. The molecule has 0 amide bonds. The normalized spacial score (nSPS) is 12.9. The number of rotatable bonds is 6. The van der Waals surface area contributed by atoms with E-state index in [1.807, 2.05) is 27.7 Å². The van der Waals surface area contributed by atoms with Crippen LogP contribution >= 0.6 is 18.9 Å². The number of hydrogen-bond acceptors (Lipinski definition) is 5. The monoisotopic (exact) mass is 343 g/mol. The zero-order valence-corrected chi connectivity index (χ0v) is 16.6. The summed E-state index contributed by atoms with van der Waals surface area (Å²) >= 11 is 10.9. The second kappa shape index (κ2) is 7.48. The van der Waals surface area contributed by atoms with E-state index in [0.29, 0.717) is 5.17 Å². The average Bonchev–Trinajstić information content (AvgIpc) is 2.10. The molecule has 0 bridgehead atoms. The Hall–Kier alpha value is 0.477. The van der Waals surface area contributed by atoms with Gasteiger partial charge in [0, 0.05) is 7.05 Å². The minimum atomic E-state index is -2.64. The standard InChI is InChI=1S/C11H26NO3PS2Si/c1-9(2)13-16(18,14-10(3)4)12(5)11(17)15-19(6,7)8/h9-10H,1-8H3. The fraction of sp³-hybridized carbons (Fsp3) is 0.909. The Labute approximate surface area is 129 Å². The second-order valence-corrected chi connectivity index (χ2v) is 13.9. The zero-order valence-electron chi connectivity index (χ0n) is 13.1. The molecule has 0 radical (unpaired) electrons. The van der Waals surface area contributed by atoms with Crippen LogP contribution in [0.4, 0.5) is 0 Å². The largest absolute Gasteiger partial charge is 0.525 e. The molecule has 0 aromatic heterocycles. The highest BCUT2D eigenvalue weighted by molar-refractivity contribution is 8.09. The molecule has 4 nitrogen and oxygen atoms in total. The van der Waals surface area contributed by atoms with Crippen LogP contribution in [0.2, 0.25) is 19.6 Å². The smallest absolute Gasteiger partial charge is 0.293 e. The van der Waals surface area contributed by atoms with Crippen molar-refractivity contribution < 1.29 is 13.5 Å². The Morgan fingerprint density at radius 2 is 1.42 bits per heavy atom. The summed E-state index contributed by atoms with van der Waals surface area (Å²) in [5, 5.41) is 0.365. The van der Waals surface area contributed by atoms with Gasteiger partial charge in [0.15, 0.2) is 0 Å². The Balaban J connectivity index is 5.05. The third-order valence-electron chi connectivity index (χ3n) is 1.71. The first kappa shape index (κ1) is 19.5. The summed E-state index contributed by atoms with van der Waals surface area (Å²) in [7, 11) is 0.0215. The van der Waals surface area contributed by atoms with Crippen LogP contribution in [-0.4, -0.2) is 37.4 Å². The number of hydrogen-bond donors (Lipinski definition) is 0. The van der Waals surface area contributed by atoms with Gasteiger partial charge in [-0.25, -0.2) is 0 Å². The lowest BCUT2D eigenvalue weighted by Gasteiger charge is -2.36. The predicted octanol–water partition coefficient (Wildman–Crippen LogP) is 4.13. The highest BCUT2D eigenvalue weighted by Crippen LogP contribution is 2.53. The highest BCUT2D eigenvalue weighted by atomic mass is 32.5. The average molecular weight is 344 g/mol. The van der Waals surface area contributed by atoms with Crippen molar-refractivity contribution >= 4 is 44.2 Å². The van der Waals surface area contributed by atoms with Gasteiger partial charge in [0.1, 0.15) is 0 Å². The molecule has 0 unspecified atom stereocenters. The Bertz CT molecular complexity index is 344. The van der Waals surface area contributed by atoms with Crippen LogP contribution in [-0.2, 0) is 25.3 Å². The van der Waals surface area contributed by atoms with Gasteiger partial charge in [-0.1, -0.05) is 0 Å². The van der Waals surface area contributed by atoms with Crippen molar-refractivity contribution in [2.75, 3.05) is 7.05 Å². The van der Waals surface area contributed by atoms with E-state index >= 15 is 0 Å². The SMILES string of the molecule is CC(C)OP(=S)(OC(C)C)N(C)C(=S)O[Si](C)(C)C. The first-order valence-corrected chi connectivity index (χ1v) is 12.7. The Kier molecular flexibility index (Phi) is 7.66. The van der Waals surface area contributed by atoms with Gasteiger partial charge in [-0.2, -0.15) is 0 Å². The van der Waals surface area contributed by atoms with Gasteiger partial charge in [-0.15, -0.1) is 0 Å². The van der Waals surface area contributed by atoms with Crippen LogP contribution in [0.15, 0.2) is 0 Å². The van der Waals surface area contributed by atoms with Crippen LogP contribution in [0, 0.1) is 0 Å². The maximum absolute atomic E-state index is 5.82. The lowest BCUT2D eigenvalue weighted by atomic mass is 10.5. The molecule has 114 valence electrons. The summed E-state index contributed by atoms with van der Waals surface area (Å²) in [6, 6.07) is 0. The molecule has 0 aromatic rings. The third kappa shape index (κ3) is 7.73. The lowest BCUT2D eigenvalue weighted by Crippen LogP contribution is -2.36. The molecule has 8 heteroatoms. The topological polar surface area (TPSA) is 30.9 Å². The van der Waals surface area contributed by atoms with Gasteiger partial charge in [-0.05, 0) is 71.4 Å². The van der Waals surface area contributed by atoms with Crippen molar-refractivity contribution in [3.63, 3.8) is 0 Å². The van der Waals surface area contributed by atoms with E-state index in [9.17, 15) is 0 Å². The number of nitrogens with zero attached hydrogens (tertiary/aromatic N) is 1. The molecule has 0 aliphatic heterocycles. The van der Waals surface area contributed by atoms with E-state index in [2.05, 4.69) is 19.6 Å². The van der Waals surface area contributed by atoms with Gasteiger partial charge < -0.3 is 13.5 Å². The molecule has 0 saturated carbocycles. The summed E-state index contributed by atoms with van der Waals surface area (Å²) in [6.07, 6.45) is -0.0524. The summed E-state index contributed by atoms with van der Waals surface area (Å²) in [5.41, 5.74) is 0. The van der Waals surface area contributed by atoms with Crippen LogP contribution in [0.3, 0.4) is 0 Å². The number of thiocarbonyl (C=S) groups is 1. The van der Waals surface area contributed by atoms with Crippen LogP contribution in [0.5, 0.6) is 0 Å². The Morgan fingerprint density at radius 3 is 1.68 bits per heavy atom. The van der Waals surface area contributed by atoms with Crippen molar-refractivity contribution in [2.45, 2.75) is 59.5 Å². The van der Waals surface area contributed by atoms with Crippen molar-refractivity contribution in [2.24, 2.45) is 0 Å². The molecule has 19 heavy (non-hydrogen) atoms. The molecule has 0 saturated heterocycles. The summed E-state index contributed by atoms with van der Waals surface area (Å²) in [5.74, 6) is 0. The minimum Gasteiger partial charge on any atom is -0.525 e. The molecule has 0 fully saturated rings. The Morgan fingerprint density at radius 1 is 1.05 bits per heavy atom. The third-order valence-corrected chi connectivity index (χ3v) is 6.70. The molecule has 0 atom stereocenters. The van der Waals surface area contributed by atoms with Gasteiger partial charge >= 0.3 is 0 Å². The first-order chi connectivity index (χ1) is 8.37. The fourth-order valence-electron chi connectivity index (χ4n) is 1.13. The molecule has 0 heterocycles. The van der Waals surface area contributed by atoms with E-state index in [1.54, 1.807) is 11.7 Å². The summed E-state index contributed by atoms with van der Waals surface area (Å²) in [4.78, 5) is 0. The fourth-order valence-corrected chi connectivity index (χ4v) is 5.99. The molecule has 0 N–H and O–H groups in total. The van der Waals surface area contributed by atoms with Crippen LogP contribution in [0.25, 0.3) is 0 Å². The molecular formula is C11H26NO3PS2Si. The van der Waals surface area contributed by atoms with E-state index in [1.165, 1.54) is 0 Å². The van der Waals surface area contributed by atoms with Crippen molar-refractivity contribution in [3.05, 3.63) is 0 Å². The van der Waals surface area contributed by atoms with Gasteiger partial charge in [0.05, 0.1) is 12.2 Å². The van der Waals surface area contributed by atoms with Crippen LogP contribution < -0.4 is 0 Å². The lowest BCUT2D eigenvalue weighted by molar-refractivity contribution is 0.156. The summed E-state index contributed by atoms with van der Waals surface area (Å²) < 4.78 is 19.1. The van der Waals surface area contributed by atoms with Crippen LogP contribution in [0.1, 0.15) is 27.7 Å². The molecular weight excluding hydrogens is 317 g/mol. The first-order valence-electron chi connectivity index (χ1n) is 6.31. The summed E-state index contributed by atoms with van der Waals surface area (Å²) in [6.45, 7) is 11.3. The molecule has 0 aliphatic carbocycles. The van der Waals surface area contributed by atoms with E-state index < -0.39 is 15.0 Å². The zero-order chi connectivity index (χ0) is 15.4. The van der Waals surface area contributed by atoms with Gasteiger partial charge in [0.25, 0.3) is 11.8 Å². The molecule has 0 aliphatic rings. The highest BCUT2D eigenvalue weighted by Gasteiger charge is 2.32. The maximum atomic E-state index is 5.82. The van der Waals surface area contributed by atoms with E-state index in [4.69, 9.17) is 37.5 Å². The van der Waals surface area contributed by atoms with Gasteiger partial charge in [0.2, 0.25) is 8.32 Å². The van der Waals surface area contributed by atoms with E-state index in [0.717, 1.165) is 0 Å². The van der Waals surface area contributed by atoms with Crippen molar-refractivity contribution in [1.82, 2.24) is 4.67 Å². The van der Waals surface area contributed by atoms with Gasteiger partial charge in [-0.3, -0.25) is 4.67 Å². The molecule has 0 aromatic carbocycles. The van der Waals surface area contributed by atoms with Crippen molar-refractivity contribution in [1.29, 1.82) is 0 Å². The minimum absolute atomic E-state index is 0.0262. The quantitative estimate of drug-likeness (QED) is 0.409. The van der Waals surface area contributed by atoms with Crippen molar-refractivity contribution in [3.8, 4) is 0 Å². The maximum Gasteiger partial charge on any atom is 0.293 e. The molecule has 0 rings (SSSR count). The van der Waals surface area contributed by atoms with E-state index in [-0.39, 0.29) is 12.2 Å². The molecule has 0 spiro atoms.